The maximum absolute atomic E-state index is 13.4. The average molecular weight is 517 g/mol. The van der Waals surface area contributed by atoms with Gasteiger partial charge in [-0.1, -0.05) is 89.0 Å². The first-order valence-electron chi connectivity index (χ1n) is 11.2. The van der Waals surface area contributed by atoms with Crippen molar-refractivity contribution in [3.8, 4) is 11.4 Å². The van der Waals surface area contributed by atoms with Crippen LogP contribution in [-0.4, -0.2) is 43.0 Å². The van der Waals surface area contributed by atoms with Crippen LogP contribution in [0.1, 0.15) is 63.3 Å². The number of rotatable bonds is 6. The Hall–Kier alpha value is -2.90. The molecule has 3 aromatic rings. The Morgan fingerprint density at radius 1 is 1.00 bits per heavy atom. The lowest BCUT2D eigenvalue weighted by Crippen LogP contribution is -2.39. The minimum Gasteiger partial charge on any atom is -0.505 e. The Balaban J connectivity index is 1.90. The molecule has 0 atom stereocenters. The van der Waals surface area contributed by atoms with Crippen molar-refractivity contribution in [2.45, 2.75) is 53.5 Å². The van der Waals surface area contributed by atoms with E-state index in [9.17, 15) is 14.7 Å². The quantitative estimate of drug-likeness (QED) is 0.444. The minimum atomic E-state index is -0.610. The number of phenols is 1. The largest absolute Gasteiger partial charge is 0.505 e. The van der Waals surface area contributed by atoms with Gasteiger partial charge in [0, 0.05) is 12.0 Å². The molecule has 0 unspecified atom stereocenters. The molecule has 0 fully saturated rings. The first kappa shape index (κ1) is 26.7. The van der Waals surface area contributed by atoms with Gasteiger partial charge < -0.3 is 10.0 Å². The highest BCUT2D eigenvalue weighted by Crippen LogP contribution is 2.33. The van der Waals surface area contributed by atoms with Crippen molar-refractivity contribution in [1.82, 2.24) is 19.7 Å². The van der Waals surface area contributed by atoms with Gasteiger partial charge in [-0.2, -0.15) is 0 Å². The number of halogens is 2. The zero-order valence-electron chi connectivity index (χ0n) is 20.8. The normalized spacial score (nSPS) is 12.0. The summed E-state index contributed by atoms with van der Waals surface area (Å²) in [5, 5.41) is 14.2. The maximum atomic E-state index is 13.4. The molecule has 3 rings (SSSR count). The number of hydrogen-bond acceptors (Lipinski definition) is 5. The van der Waals surface area contributed by atoms with E-state index in [1.807, 2.05) is 45.0 Å². The molecule has 1 N–H and O–H groups in total. The van der Waals surface area contributed by atoms with Crippen LogP contribution in [0, 0.1) is 5.41 Å². The van der Waals surface area contributed by atoms with Crippen LogP contribution >= 0.6 is 23.2 Å². The zero-order chi connectivity index (χ0) is 26.1. The predicted molar refractivity (Wildman–Crippen MR) is 137 cm³/mol. The Bertz CT molecular complexity index is 1220. The van der Waals surface area contributed by atoms with Gasteiger partial charge in [-0.05, 0) is 28.7 Å². The predicted octanol–water partition coefficient (Wildman–Crippen LogP) is 5.83. The minimum absolute atomic E-state index is 0.00696. The van der Waals surface area contributed by atoms with Crippen molar-refractivity contribution in [2.75, 3.05) is 6.54 Å². The first-order chi connectivity index (χ1) is 16.2. The fraction of sp³-hybridized carbons (Fsp3) is 0.385. The number of nitrogens with zero attached hydrogens (tertiary/aromatic N) is 4. The maximum Gasteiger partial charge on any atom is 0.294 e. The van der Waals surface area contributed by atoms with Crippen LogP contribution in [0.2, 0.25) is 10.0 Å². The SMILES string of the molecule is CC(C)(C)C(=O)CN(Cc1ccc(C(C)(C)C)cc1)C(=O)c1ncn(-c2cc(Cl)c(O)c(Cl)c2)n1. The summed E-state index contributed by atoms with van der Waals surface area (Å²) in [7, 11) is 0. The van der Waals surface area contributed by atoms with Crippen molar-refractivity contribution in [3.63, 3.8) is 0 Å². The molecule has 0 saturated carbocycles. The summed E-state index contributed by atoms with van der Waals surface area (Å²) in [5.41, 5.74) is 1.90. The monoisotopic (exact) mass is 516 g/mol. The van der Waals surface area contributed by atoms with Gasteiger partial charge in [0.2, 0.25) is 5.82 Å². The van der Waals surface area contributed by atoms with Gasteiger partial charge in [-0.3, -0.25) is 9.59 Å². The van der Waals surface area contributed by atoms with E-state index in [1.165, 1.54) is 33.6 Å². The van der Waals surface area contributed by atoms with Gasteiger partial charge in [0.1, 0.15) is 6.33 Å². The van der Waals surface area contributed by atoms with Gasteiger partial charge in [-0.15, -0.1) is 5.10 Å². The molecule has 0 aliphatic rings. The molecule has 2 aromatic carbocycles. The molecule has 1 aromatic heterocycles. The van der Waals surface area contributed by atoms with E-state index in [0.29, 0.717) is 5.69 Å². The fourth-order valence-corrected chi connectivity index (χ4v) is 3.73. The average Bonchev–Trinajstić information content (AvgIpc) is 3.25. The number of carbonyl (C=O) groups excluding carboxylic acids is 2. The number of amides is 1. The summed E-state index contributed by atoms with van der Waals surface area (Å²) >= 11 is 12.0. The number of benzene rings is 2. The third kappa shape index (κ3) is 6.41. The third-order valence-electron chi connectivity index (χ3n) is 5.60. The summed E-state index contributed by atoms with van der Waals surface area (Å²) in [6.07, 6.45) is 1.36. The van der Waals surface area contributed by atoms with E-state index < -0.39 is 11.3 Å². The zero-order valence-corrected chi connectivity index (χ0v) is 22.3. The van der Waals surface area contributed by atoms with Crippen molar-refractivity contribution in [1.29, 1.82) is 0 Å². The molecule has 9 heteroatoms. The molecule has 186 valence electrons. The smallest absolute Gasteiger partial charge is 0.294 e. The van der Waals surface area contributed by atoms with Crippen molar-refractivity contribution in [2.24, 2.45) is 5.41 Å². The summed E-state index contributed by atoms with van der Waals surface area (Å²) < 4.78 is 1.34. The second-order valence-corrected chi connectivity index (χ2v) is 11.4. The lowest BCUT2D eigenvalue weighted by molar-refractivity contribution is -0.127. The van der Waals surface area contributed by atoms with Crippen LogP contribution in [0.15, 0.2) is 42.7 Å². The van der Waals surface area contributed by atoms with Crippen LogP contribution in [-0.2, 0) is 16.8 Å². The van der Waals surface area contributed by atoms with E-state index in [4.69, 9.17) is 23.2 Å². The lowest BCUT2D eigenvalue weighted by Gasteiger charge is -2.26. The Kier molecular flexibility index (Phi) is 7.62. The van der Waals surface area contributed by atoms with Crippen molar-refractivity contribution < 1.29 is 14.7 Å². The van der Waals surface area contributed by atoms with Crippen LogP contribution < -0.4 is 0 Å². The summed E-state index contributed by atoms with van der Waals surface area (Å²) in [6, 6.07) is 10.9. The molecule has 35 heavy (non-hydrogen) atoms. The number of phenolic OH excluding ortho intramolecular Hbond substituents is 1. The summed E-state index contributed by atoms with van der Waals surface area (Å²) in [4.78, 5) is 31.8. The molecular weight excluding hydrogens is 487 g/mol. The van der Waals surface area contributed by atoms with Crippen LogP contribution in [0.4, 0.5) is 0 Å². The van der Waals surface area contributed by atoms with E-state index in [0.717, 1.165) is 5.56 Å². The highest BCUT2D eigenvalue weighted by atomic mass is 35.5. The van der Waals surface area contributed by atoms with Gasteiger partial charge >= 0.3 is 0 Å². The number of aromatic hydroxyl groups is 1. The number of carbonyl (C=O) groups is 2. The molecule has 0 saturated heterocycles. The van der Waals surface area contributed by atoms with Gasteiger partial charge in [0.15, 0.2) is 11.5 Å². The molecule has 0 radical (unpaired) electrons. The summed E-state index contributed by atoms with van der Waals surface area (Å²) in [5.74, 6) is -0.859. The Morgan fingerprint density at radius 3 is 2.09 bits per heavy atom. The van der Waals surface area contributed by atoms with Crippen molar-refractivity contribution >= 4 is 34.9 Å². The van der Waals surface area contributed by atoms with Gasteiger partial charge in [0.05, 0.1) is 22.3 Å². The molecule has 1 heterocycles. The van der Waals surface area contributed by atoms with E-state index in [-0.39, 0.29) is 45.9 Å². The standard InChI is InChI=1S/C26H30Cl2N4O3/c1-25(2,3)17-9-7-16(8-10-17)13-31(14-21(33)26(4,5)6)24(35)23-29-15-32(30-23)18-11-19(27)22(34)20(28)12-18/h7-12,15,34H,13-14H2,1-6H3. The molecule has 0 spiro atoms. The van der Waals surface area contributed by atoms with Crippen LogP contribution in [0.25, 0.3) is 5.69 Å². The highest BCUT2D eigenvalue weighted by molar-refractivity contribution is 6.37. The second-order valence-electron chi connectivity index (χ2n) is 10.6. The summed E-state index contributed by atoms with van der Waals surface area (Å²) in [6.45, 7) is 12.0. The number of hydrogen-bond donors (Lipinski definition) is 1. The van der Waals surface area contributed by atoms with Crippen LogP contribution in [0.3, 0.4) is 0 Å². The number of Topliss-reactive ketones (excluding diaryl/α,β-unsaturated/α-hetero) is 1. The Labute approximate surface area is 215 Å². The Morgan fingerprint density at radius 2 is 1.57 bits per heavy atom. The van der Waals surface area contributed by atoms with Crippen molar-refractivity contribution in [3.05, 3.63) is 69.7 Å². The first-order valence-corrected chi connectivity index (χ1v) is 11.9. The topological polar surface area (TPSA) is 88.3 Å². The molecule has 1 amide bonds. The molecule has 0 aliphatic carbocycles. The third-order valence-corrected chi connectivity index (χ3v) is 6.18. The van der Waals surface area contributed by atoms with E-state index >= 15 is 0 Å². The second kappa shape index (κ2) is 9.99. The fourth-order valence-electron chi connectivity index (χ4n) is 3.25. The van der Waals surface area contributed by atoms with Crippen LogP contribution in [0.5, 0.6) is 5.75 Å². The molecular formula is C26H30Cl2N4O3. The van der Waals surface area contributed by atoms with E-state index in [2.05, 4.69) is 30.9 Å². The van der Waals surface area contributed by atoms with E-state index in [1.54, 1.807) is 0 Å². The van der Waals surface area contributed by atoms with Gasteiger partial charge in [0.25, 0.3) is 5.91 Å². The number of aromatic nitrogens is 3. The molecule has 0 bridgehead atoms. The molecule has 0 aliphatic heterocycles. The van der Waals surface area contributed by atoms with Gasteiger partial charge in [-0.25, -0.2) is 9.67 Å². The lowest BCUT2D eigenvalue weighted by atomic mass is 9.86. The number of ketones is 1. The molecule has 7 nitrogen and oxygen atoms in total. The highest BCUT2D eigenvalue weighted by Gasteiger charge is 2.28.